The van der Waals surface area contributed by atoms with Crippen molar-refractivity contribution in [3.05, 3.63) is 58.6 Å². The van der Waals surface area contributed by atoms with E-state index in [0.29, 0.717) is 36.8 Å². The van der Waals surface area contributed by atoms with Crippen molar-refractivity contribution in [1.82, 2.24) is 9.88 Å². The summed E-state index contributed by atoms with van der Waals surface area (Å²) in [5, 5.41) is 5.66. The van der Waals surface area contributed by atoms with Crippen LogP contribution in [0.25, 0.3) is 10.8 Å². The molecule has 0 saturated carbocycles. The monoisotopic (exact) mass is 407 g/mol. The van der Waals surface area contributed by atoms with Crippen molar-refractivity contribution in [3.63, 3.8) is 0 Å². The van der Waals surface area contributed by atoms with Crippen LogP contribution in [-0.4, -0.2) is 41.0 Å². The maximum Gasteiger partial charge on any atom is 0.255 e. The fourth-order valence-corrected chi connectivity index (χ4v) is 4.92. The minimum atomic E-state index is -0.373. The van der Waals surface area contributed by atoms with E-state index in [1.807, 2.05) is 47.4 Å². The number of hydrogen-bond acceptors (Lipinski definition) is 5. The third-order valence-corrected chi connectivity index (χ3v) is 6.46. The molecule has 3 heterocycles. The van der Waals surface area contributed by atoms with E-state index in [2.05, 4.69) is 10.3 Å². The number of nitrogens with one attached hydrogen (secondary N) is 1. The molecule has 2 amide bonds. The first kappa shape index (κ1) is 18.3. The molecule has 0 spiro atoms. The molecule has 7 heteroatoms. The molecular weight excluding hydrogens is 386 g/mol. The molecule has 2 aliphatic rings. The van der Waals surface area contributed by atoms with Crippen molar-refractivity contribution in [2.24, 2.45) is 0 Å². The summed E-state index contributed by atoms with van der Waals surface area (Å²) in [5.74, 6) is -0.0996. The largest absolute Gasteiger partial charge is 0.368 e. The predicted octanol–water partition coefficient (Wildman–Crippen LogP) is 3.61. The zero-order valence-corrected chi connectivity index (χ0v) is 16.7. The molecule has 1 unspecified atom stereocenters. The van der Waals surface area contributed by atoms with Crippen molar-refractivity contribution in [1.29, 1.82) is 0 Å². The van der Waals surface area contributed by atoms with Crippen LogP contribution in [0.15, 0.2) is 42.5 Å². The Morgan fingerprint density at radius 2 is 2.03 bits per heavy atom. The lowest BCUT2D eigenvalue weighted by Gasteiger charge is -2.26. The van der Waals surface area contributed by atoms with E-state index in [9.17, 15) is 9.59 Å². The summed E-state index contributed by atoms with van der Waals surface area (Å²) in [5.41, 5.74) is 1.67. The summed E-state index contributed by atoms with van der Waals surface area (Å²) < 4.78 is 5.43. The molecule has 5 rings (SSSR count). The van der Waals surface area contributed by atoms with Crippen molar-refractivity contribution in [2.75, 3.05) is 18.5 Å². The van der Waals surface area contributed by atoms with Crippen molar-refractivity contribution < 1.29 is 14.3 Å². The highest BCUT2D eigenvalue weighted by atomic mass is 32.1. The second-order valence-electron chi connectivity index (χ2n) is 7.42. The van der Waals surface area contributed by atoms with Gasteiger partial charge in [0.2, 0.25) is 0 Å². The molecule has 0 bridgehead atoms. The Morgan fingerprint density at radius 3 is 2.86 bits per heavy atom. The number of thiazole rings is 1. The topological polar surface area (TPSA) is 71.5 Å². The van der Waals surface area contributed by atoms with Crippen LogP contribution in [0.4, 0.5) is 5.13 Å². The molecule has 6 nitrogen and oxygen atoms in total. The Morgan fingerprint density at radius 1 is 1.17 bits per heavy atom. The van der Waals surface area contributed by atoms with Gasteiger partial charge in [-0.15, -0.1) is 0 Å². The van der Waals surface area contributed by atoms with Crippen LogP contribution >= 0.6 is 11.3 Å². The van der Waals surface area contributed by atoms with Crippen LogP contribution in [0.3, 0.4) is 0 Å². The Balaban J connectivity index is 1.30. The maximum absolute atomic E-state index is 13.0. The summed E-state index contributed by atoms with van der Waals surface area (Å²) in [4.78, 5) is 32.7. The molecule has 1 saturated heterocycles. The van der Waals surface area contributed by atoms with Gasteiger partial charge in [0, 0.05) is 30.0 Å². The zero-order chi connectivity index (χ0) is 19.8. The minimum Gasteiger partial charge on any atom is -0.368 e. The summed E-state index contributed by atoms with van der Waals surface area (Å²) >= 11 is 1.45. The fraction of sp³-hybridized carbons (Fsp3) is 0.318. The molecule has 0 aliphatic carbocycles. The smallest absolute Gasteiger partial charge is 0.255 e. The lowest BCUT2D eigenvalue weighted by molar-refractivity contribution is -0.124. The van der Waals surface area contributed by atoms with E-state index in [4.69, 9.17) is 4.74 Å². The number of amides is 2. The number of nitrogens with zero attached hydrogens (tertiary/aromatic N) is 2. The Hall–Kier alpha value is -2.77. The molecule has 1 aromatic heterocycles. The molecule has 2 aromatic carbocycles. The molecular formula is C22H21N3O3S. The minimum absolute atomic E-state index is 0.0275. The average Bonchev–Trinajstić information content (AvgIpc) is 3.42. The van der Waals surface area contributed by atoms with Crippen LogP contribution in [0.2, 0.25) is 0 Å². The van der Waals surface area contributed by atoms with E-state index < -0.39 is 0 Å². The first-order valence-electron chi connectivity index (χ1n) is 9.86. The van der Waals surface area contributed by atoms with E-state index in [1.54, 1.807) is 0 Å². The summed E-state index contributed by atoms with van der Waals surface area (Å²) in [6, 6.07) is 13.9. The maximum atomic E-state index is 13.0. The highest BCUT2D eigenvalue weighted by molar-refractivity contribution is 7.15. The molecule has 3 aromatic rings. The van der Waals surface area contributed by atoms with Gasteiger partial charge in [0.25, 0.3) is 11.8 Å². The third kappa shape index (κ3) is 3.63. The first-order chi connectivity index (χ1) is 14.2. The Bertz CT molecular complexity index is 1090. The normalized spacial score (nSPS) is 18.6. The van der Waals surface area contributed by atoms with Crippen LogP contribution < -0.4 is 5.32 Å². The zero-order valence-electron chi connectivity index (χ0n) is 15.9. The van der Waals surface area contributed by atoms with E-state index >= 15 is 0 Å². The number of anilines is 1. The number of fused-ring (bicyclic) bond motifs is 2. The van der Waals surface area contributed by atoms with Crippen molar-refractivity contribution in [3.8, 4) is 0 Å². The third-order valence-electron chi connectivity index (χ3n) is 5.47. The van der Waals surface area contributed by atoms with Crippen molar-refractivity contribution >= 4 is 39.1 Å². The number of benzene rings is 2. The lowest BCUT2D eigenvalue weighted by atomic mass is 10.1. The molecule has 1 N–H and O–H groups in total. The second-order valence-corrected chi connectivity index (χ2v) is 8.50. The molecule has 0 radical (unpaired) electrons. The Labute approximate surface area is 172 Å². The van der Waals surface area contributed by atoms with E-state index in [1.165, 1.54) is 11.3 Å². The average molecular weight is 407 g/mol. The number of carbonyl (C=O) groups excluding carboxylic acids is 2. The van der Waals surface area contributed by atoms with Crippen molar-refractivity contribution in [2.45, 2.75) is 31.9 Å². The highest BCUT2D eigenvalue weighted by Gasteiger charge is 2.28. The van der Waals surface area contributed by atoms with Gasteiger partial charge in [-0.25, -0.2) is 4.98 Å². The van der Waals surface area contributed by atoms with Crippen LogP contribution in [0.5, 0.6) is 0 Å². The fourth-order valence-electron chi connectivity index (χ4n) is 3.90. The molecule has 1 fully saturated rings. The van der Waals surface area contributed by atoms with Gasteiger partial charge in [-0.05, 0) is 35.7 Å². The molecule has 1 atom stereocenters. The predicted molar refractivity (Wildman–Crippen MR) is 112 cm³/mol. The van der Waals surface area contributed by atoms with Gasteiger partial charge in [-0.1, -0.05) is 41.7 Å². The summed E-state index contributed by atoms with van der Waals surface area (Å²) in [6.45, 7) is 1.79. The molecule has 2 aliphatic heterocycles. The standard InChI is InChI=1S/C22H21N3O3S/c26-20(18-6-3-11-28-18)24-22-23-17-9-10-25(13-19(17)29-22)21(27)16-8-7-14-4-1-2-5-15(14)12-16/h1-2,4-5,7-8,12,18H,3,6,9-11,13H2,(H,23,24,26). The van der Waals surface area contributed by atoms with Gasteiger partial charge < -0.3 is 9.64 Å². The summed E-state index contributed by atoms with van der Waals surface area (Å²) in [7, 11) is 0. The van der Waals surface area contributed by atoms with Crippen LogP contribution in [-0.2, 0) is 22.5 Å². The number of ether oxygens (including phenoxy) is 1. The second kappa shape index (κ2) is 7.57. The quantitative estimate of drug-likeness (QED) is 0.720. The highest BCUT2D eigenvalue weighted by Crippen LogP contribution is 2.30. The number of rotatable bonds is 3. The van der Waals surface area contributed by atoms with Gasteiger partial charge in [-0.2, -0.15) is 0 Å². The van der Waals surface area contributed by atoms with E-state index in [0.717, 1.165) is 34.2 Å². The van der Waals surface area contributed by atoms with Gasteiger partial charge >= 0.3 is 0 Å². The molecule has 148 valence electrons. The van der Waals surface area contributed by atoms with Gasteiger partial charge in [0.1, 0.15) is 6.10 Å². The first-order valence-corrected chi connectivity index (χ1v) is 10.7. The van der Waals surface area contributed by atoms with Gasteiger partial charge in [0.15, 0.2) is 5.13 Å². The Kier molecular flexibility index (Phi) is 4.77. The van der Waals surface area contributed by atoms with Crippen LogP contribution in [0, 0.1) is 0 Å². The summed E-state index contributed by atoms with van der Waals surface area (Å²) in [6.07, 6.45) is 1.99. The van der Waals surface area contributed by atoms with Crippen LogP contribution in [0.1, 0.15) is 33.8 Å². The van der Waals surface area contributed by atoms with Gasteiger partial charge in [-0.3, -0.25) is 14.9 Å². The molecule has 29 heavy (non-hydrogen) atoms. The number of hydrogen-bond donors (Lipinski definition) is 1. The SMILES string of the molecule is O=C(Nc1nc2c(s1)CN(C(=O)c1ccc3ccccc3c1)CC2)C1CCCO1. The van der Waals surface area contributed by atoms with E-state index in [-0.39, 0.29) is 17.9 Å². The lowest BCUT2D eigenvalue weighted by Crippen LogP contribution is -2.35. The number of aromatic nitrogens is 1. The number of carbonyl (C=O) groups is 2. The van der Waals surface area contributed by atoms with Gasteiger partial charge in [0.05, 0.1) is 12.2 Å².